The molecule has 3 aromatic carbocycles. The van der Waals surface area contributed by atoms with Gasteiger partial charge in [-0.25, -0.2) is 9.59 Å². The number of nitrogens with zero attached hydrogens (tertiary/aromatic N) is 1. The fourth-order valence-electron chi connectivity index (χ4n) is 3.23. The van der Waals surface area contributed by atoms with Crippen LogP contribution in [0.15, 0.2) is 109 Å². The molecule has 0 unspecified atom stereocenters. The van der Waals surface area contributed by atoms with Crippen LogP contribution in [-0.4, -0.2) is 22.8 Å². The van der Waals surface area contributed by atoms with E-state index in [2.05, 4.69) is 10.5 Å². The van der Waals surface area contributed by atoms with Gasteiger partial charge < -0.3 is 9.57 Å². The molecule has 4 aromatic rings. The second-order valence-corrected chi connectivity index (χ2v) is 7.22. The molecule has 0 aliphatic carbocycles. The van der Waals surface area contributed by atoms with E-state index >= 15 is 0 Å². The van der Waals surface area contributed by atoms with Crippen LogP contribution in [0.25, 0.3) is 0 Å². The van der Waals surface area contributed by atoms with Gasteiger partial charge in [0.2, 0.25) is 0 Å². The first-order chi connectivity index (χ1) is 16.6. The predicted octanol–water partition coefficient (Wildman–Crippen LogP) is 4.53. The van der Waals surface area contributed by atoms with E-state index < -0.39 is 23.9 Å². The van der Waals surface area contributed by atoms with Crippen LogP contribution in [0.5, 0.6) is 0 Å². The third-order valence-corrected chi connectivity index (χ3v) is 4.90. The highest BCUT2D eigenvalue weighted by Gasteiger charge is 2.21. The number of carbonyl (C=O) groups excluding carboxylic acids is 3. The van der Waals surface area contributed by atoms with E-state index in [9.17, 15) is 14.4 Å². The Morgan fingerprint density at radius 2 is 1.26 bits per heavy atom. The summed E-state index contributed by atoms with van der Waals surface area (Å²) in [5.74, 6) is -2.11. The zero-order valence-corrected chi connectivity index (χ0v) is 18.0. The first kappa shape index (κ1) is 22.4. The summed E-state index contributed by atoms with van der Waals surface area (Å²) in [6.07, 6.45) is 0.826. The number of ether oxygens (including phenoxy) is 1. The molecule has 7 heteroatoms. The number of rotatable bonds is 6. The zero-order valence-electron chi connectivity index (χ0n) is 18.0. The minimum Gasteiger partial charge on any atom is -0.449 e. The SMILES string of the molecule is O=C(ONC(=O)c1ccccn1)c1cccc(C(=O)OC(c2ccccc2)c2ccccc2)c1. The van der Waals surface area contributed by atoms with Crippen LogP contribution < -0.4 is 5.48 Å². The molecule has 168 valence electrons. The number of amides is 1. The maximum absolute atomic E-state index is 13.0. The smallest absolute Gasteiger partial charge is 0.362 e. The second kappa shape index (κ2) is 10.7. The highest BCUT2D eigenvalue weighted by Crippen LogP contribution is 2.27. The summed E-state index contributed by atoms with van der Waals surface area (Å²) in [5.41, 5.74) is 4.03. The molecule has 7 nitrogen and oxygen atoms in total. The zero-order chi connectivity index (χ0) is 23.8. The molecule has 1 aromatic heterocycles. The van der Waals surface area contributed by atoms with Gasteiger partial charge in [-0.15, -0.1) is 0 Å². The van der Waals surface area contributed by atoms with Crippen LogP contribution >= 0.6 is 0 Å². The molecule has 0 bridgehead atoms. The summed E-state index contributed by atoms with van der Waals surface area (Å²) in [4.78, 5) is 46.2. The molecule has 0 saturated heterocycles. The first-order valence-corrected chi connectivity index (χ1v) is 10.5. The fraction of sp³-hybridized carbons (Fsp3) is 0.0370. The van der Waals surface area contributed by atoms with E-state index in [0.717, 1.165) is 11.1 Å². The Balaban J connectivity index is 1.47. The molecule has 0 atom stereocenters. The van der Waals surface area contributed by atoms with Crippen molar-refractivity contribution in [2.45, 2.75) is 6.10 Å². The van der Waals surface area contributed by atoms with Crippen molar-refractivity contribution in [1.82, 2.24) is 10.5 Å². The van der Waals surface area contributed by atoms with Crippen LogP contribution in [0.4, 0.5) is 0 Å². The number of benzene rings is 3. The van der Waals surface area contributed by atoms with Gasteiger partial charge in [0.05, 0.1) is 11.1 Å². The average molecular weight is 452 g/mol. The maximum Gasteiger partial charge on any atom is 0.362 e. The minimum atomic E-state index is -0.832. The lowest BCUT2D eigenvalue weighted by Crippen LogP contribution is -2.27. The monoisotopic (exact) mass is 452 g/mol. The van der Waals surface area contributed by atoms with Gasteiger partial charge in [-0.3, -0.25) is 9.78 Å². The lowest BCUT2D eigenvalue weighted by atomic mass is 10.0. The normalized spacial score (nSPS) is 10.4. The van der Waals surface area contributed by atoms with Gasteiger partial charge in [0.1, 0.15) is 5.69 Å². The molecule has 1 amide bonds. The van der Waals surface area contributed by atoms with Crippen molar-refractivity contribution in [2.24, 2.45) is 0 Å². The van der Waals surface area contributed by atoms with E-state index in [1.165, 1.54) is 30.5 Å². The van der Waals surface area contributed by atoms with Crippen molar-refractivity contribution in [3.05, 3.63) is 137 Å². The largest absolute Gasteiger partial charge is 0.449 e. The topological polar surface area (TPSA) is 94.6 Å². The molecule has 34 heavy (non-hydrogen) atoms. The molecule has 1 heterocycles. The van der Waals surface area contributed by atoms with Crippen LogP contribution in [0.2, 0.25) is 0 Å². The van der Waals surface area contributed by atoms with Gasteiger partial charge in [-0.1, -0.05) is 72.8 Å². The molecule has 0 saturated carbocycles. The minimum absolute atomic E-state index is 0.0757. The number of esters is 1. The maximum atomic E-state index is 13.0. The number of pyridine rings is 1. The third-order valence-electron chi connectivity index (χ3n) is 4.90. The standard InChI is InChI=1S/C27H20N2O5/c30-25(23-16-7-8-17-28-23)29-34-27(32)22-15-9-14-21(18-22)26(31)33-24(19-10-3-1-4-11-19)20-12-5-2-6-13-20/h1-18,24H,(H,29,30). The average Bonchev–Trinajstić information content (AvgIpc) is 2.91. The molecule has 0 aliphatic heterocycles. The van der Waals surface area contributed by atoms with Gasteiger partial charge in [-0.05, 0) is 41.5 Å². The summed E-state index contributed by atoms with van der Waals surface area (Å²) in [7, 11) is 0. The van der Waals surface area contributed by atoms with E-state index in [4.69, 9.17) is 9.57 Å². The predicted molar refractivity (Wildman–Crippen MR) is 124 cm³/mol. The summed E-state index contributed by atoms with van der Waals surface area (Å²) >= 11 is 0. The van der Waals surface area contributed by atoms with Gasteiger partial charge in [0.25, 0.3) is 0 Å². The summed E-state index contributed by atoms with van der Waals surface area (Å²) in [6, 6.07) is 29.4. The molecule has 0 fully saturated rings. The number of hydroxylamine groups is 1. The molecule has 0 aliphatic rings. The van der Waals surface area contributed by atoms with Crippen molar-refractivity contribution >= 4 is 17.8 Å². The molecule has 4 rings (SSSR count). The fourth-order valence-corrected chi connectivity index (χ4v) is 3.23. The molecular weight excluding hydrogens is 432 g/mol. The van der Waals surface area contributed by atoms with Gasteiger partial charge >= 0.3 is 17.8 Å². The Labute approximate surface area is 195 Å². The third kappa shape index (κ3) is 5.52. The van der Waals surface area contributed by atoms with Crippen LogP contribution in [0, 0.1) is 0 Å². The van der Waals surface area contributed by atoms with Crippen molar-refractivity contribution < 1.29 is 24.0 Å². The molecule has 0 spiro atoms. The Hall–Kier alpha value is -4.78. The number of hydrogen-bond acceptors (Lipinski definition) is 6. The molecule has 0 radical (unpaired) electrons. The Morgan fingerprint density at radius 1 is 0.676 bits per heavy atom. The summed E-state index contributed by atoms with van der Waals surface area (Å²) in [6.45, 7) is 0. The van der Waals surface area contributed by atoms with Crippen LogP contribution in [0.1, 0.15) is 48.4 Å². The first-order valence-electron chi connectivity index (χ1n) is 10.5. The quantitative estimate of drug-likeness (QED) is 0.341. The van der Waals surface area contributed by atoms with Crippen molar-refractivity contribution in [3.8, 4) is 0 Å². The summed E-state index contributed by atoms with van der Waals surface area (Å²) in [5, 5.41) is 0. The number of aromatic nitrogens is 1. The molecule has 1 N–H and O–H groups in total. The lowest BCUT2D eigenvalue weighted by molar-refractivity contribution is 0.0228. The van der Waals surface area contributed by atoms with E-state index in [-0.39, 0.29) is 16.8 Å². The van der Waals surface area contributed by atoms with E-state index in [0.29, 0.717) is 0 Å². The molecular formula is C27H20N2O5. The van der Waals surface area contributed by atoms with E-state index in [1.807, 2.05) is 60.7 Å². The highest BCUT2D eigenvalue weighted by molar-refractivity contribution is 5.97. The van der Waals surface area contributed by atoms with Crippen LogP contribution in [-0.2, 0) is 9.57 Å². The number of nitrogens with one attached hydrogen (secondary N) is 1. The lowest BCUT2D eigenvalue weighted by Gasteiger charge is -2.19. The van der Waals surface area contributed by atoms with Gasteiger partial charge in [-0.2, -0.15) is 5.48 Å². The number of carbonyl (C=O) groups is 3. The Bertz CT molecular complexity index is 1240. The van der Waals surface area contributed by atoms with Gasteiger partial charge in [0, 0.05) is 6.20 Å². The van der Waals surface area contributed by atoms with Gasteiger partial charge in [0.15, 0.2) is 6.10 Å². The Morgan fingerprint density at radius 3 is 1.85 bits per heavy atom. The summed E-state index contributed by atoms with van der Waals surface area (Å²) < 4.78 is 5.83. The van der Waals surface area contributed by atoms with Crippen molar-refractivity contribution in [2.75, 3.05) is 0 Å². The highest BCUT2D eigenvalue weighted by atomic mass is 16.7. The number of hydrogen-bond donors (Lipinski definition) is 1. The second-order valence-electron chi connectivity index (χ2n) is 7.22. The van der Waals surface area contributed by atoms with Crippen LogP contribution in [0.3, 0.4) is 0 Å². The van der Waals surface area contributed by atoms with Crippen molar-refractivity contribution in [3.63, 3.8) is 0 Å². The van der Waals surface area contributed by atoms with E-state index in [1.54, 1.807) is 18.2 Å². The Kier molecular flexibility index (Phi) is 7.05. The van der Waals surface area contributed by atoms with Crippen molar-refractivity contribution in [1.29, 1.82) is 0 Å².